The molecule has 2 heterocycles. The van der Waals surface area contributed by atoms with Gasteiger partial charge >= 0.3 is 5.97 Å². The van der Waals surface area contributed by atoms with Crippen molar-refractivity contribution >= 4 is 11.9 Å². The second-order valence-corrected chi connectivity index (χ2v) is 6.48. The van der Waals surface area contributed by atoms with Crippen LogP contribution in [0, 0.1) is 25.7 Å². The first-order valence-corrected chi connectivity index (χ1v) is 7.83. The van der Waals surface area contributed by atoms with Gasteiger partial charge in [0.1, 0.15) is 0 Å². The van der Waals surface area contributed by atoms with Crippen molar-refractivity contribution in [1.29, 1.82) is 0 Å². The largest absolute Gasteiger partial charge is 0.481 e. The molecule has 22 heavy (non-hydrogen) atoms. The van der Waals surface area contributed by atoms with Gasteiger partial charge in [0.25, 0.3) is 0 Å². The first kappa shape index (κ1) is 16.5. The van der Waals surface area contributed by atoms with Crippen LogP contribution in [0.2, 0.25) is 0 Å². The highest BCUT2D eigenvalue weighted by Crippen LogP contribution is 2.25. The predicted octanol–water partition coefficient (Wildman–Crippen LogP) is 2.02. The normalized spacial score (nSPS) is 23.4. The quantitative estimate of drug-likeness (QED) is 0.923. The first-order valence-electron chi connectivity index (χ1n) is 7.83. The van der Waals surface area contributed by atoms with Gasteiger partial charge in [0.15, 0.2) is 0 Å². The molecule has 1 unspecified atom stereocenters. The van der Waals surface area contributed by atoms with Crippen molar-refractivity contribution < 1.29 is 14.7 Å². The molecule has 1 aromatic heterocycles. The van der Waals surface area contributed by atoms with E-state index >= 15 is 0 Å². The molecule has 6 nitrogen and oxygen atoms in total. The van der Waals surface area contributed by atoms with Crippen LogP contribution >= 0.6 is 0 Å². The second kappa shape index (κ2) is 6.50. The van der Waals surface area contributed by atoms with Gasteiger partial charge in [0.05, 0.1) is 17.7 Å². The van der Waals surface area contributed by atoms with E-state index < -0.39 is 5.97 Å². The summed E-state index contributed by atoms with van der Waals surface area (Å²) >= 11 is 0. The third kappa shape index (κ3) is 3.48. The standard InChI is InChI=1S/C16H25N3O3/c1-10-9-18(6-5-14(10)16(21)22)15(20)8-13(4)19-12(3)7-11(2)17-19/h7,10,13-14H,5-6,8-9H2,1-4H3,(H,21,22)/t10-,13?,14+/m1/s1. The summed E-state index contributed by atoms with van der Waals surface area (Å²) < 4.78 is 1.89. The minimum absolute atomic E-state index is 0.000750. The van der Waals surface area contributed by atoms with E-state index in [4.69, 9.17) is 5.11 Å². The summed E-state index contributed by atoms with van der Waals surface area (Å²) in [6.45, 7) is 8.88. The Morgan fingerprint density at radius 2 is 2.14 bits per heavy atom. The Hall–Kier alpha value is -1.85. The van der Waals surface area contributed by atoms with Gasteiger partial charge in [-0.15, -0.1) is 0 Å². The van der Waals surface area contributed by atoms with Gasteiger partial charge in [-0.3, -0.25) is 14.3 Å². The lowest BCUT2D eigenvalue weighted by atomic mass is 9.87. The van der Waals surface area contributed by atoms with Gasteiger partial charge in [-0.05, 0) is 39.2 Å². The second-order valence-electron chi connectivity index (χ2n) is 6.48. The number of hydrogen-bond acceptors (Lipinski definition) is 3. The monoisotopic (exact) mass is 307 g/mol. The van der Waals surface area contributed by atoms with Gasteiger partial charge < -0.3 is 10.0 Å². The molecule has 0 bridgehead atoms. The number of piperidine rings is 1. The summed E-state index contributed by atoms with van der Waals surface area (Å²) in [5.74, 6) is -1.01. The van der Waals surface area contributed by atoms with Crippen molar-refractivity contribution in [2.24, 2.45) is 11.8 Å². The van der Waals surface area contributed by atoms with Gasteiger partial charge in [0.2, 0.25) is 5.91 Å². The first-order chi connectivity index (χ1) is 10.3. The molecule has 2 rings (SSSR count). The minimum Gasteiger partial charge on any atom is -0.481 e. The number of carbonyl (C=O) groups excluding carboxylic acids is 1. The molecule has 1 saturated heterocycles. The molecule has 6 heteroatoms. The maximum atomic E-state index is 12.5. The van der Waals surface area contributed by atoms with Crippen molar-refractivity contribution in [2.45, 2.75) is 46.6 Å². The number of aromatic nitrogens is 2. The molecule has 0 aromatic carbocycles. The lowest BCUT2D eigenvalue weighted by Crippen LogP contribution is -2.45. The lowest BCUT2D eigenvalue weighted by Gasteiger charge is -2.35. The number of hydrogen-bond donors (Lipinski definition) is 1. The van der Waals surface area contributed by atoms with E-state index in [1.165, 1.54) is 0 Å². The van der Waals surface area contributed by atoms with Crippen LogP contribution in [-0.2, 0) is 9.59 Å². The van der Waals surface area contributed by atoms with Gasteiger partial charge in [0, 0.05) is 25.2 Å². The number of likely N-dealkylation sites (tertiary alicyclic amines) is 1. The van der Waals surface area contributed by atoms with Gasteiger partial charge in [-0.25, -0.2) is 0 Å². The maximum Gasteiger partial charge on any atom is 0.306 e. The Labute approximate surface area is 131 Å². The number of nitrogens with zero attached hydrogens (tertiary/aromatic N) is 3. The highest BCUT2D eigenvalue weighted by atomic mass is 16.4. The van der Waals surface area contributed by atoms with Gasteiger partial charge in [-0.1, -0.05) is 6.92 Å². The molecule has 1 aliphatic rings. The van der Waals surface area contributed by atoms with E-state index in [1.54, 1.807) is 4.90 Å². The van der Waals surface area contributed by atoms with E-state index in [0.717, 1.165) is 11.4 Å². The number of aliphatic carboxylic acids is 1. The summed E-state index contributed by atoms with van der Waals surface area (Å²) in [6, 6.07) is 2.01. The van der Waals surface area contributed by atoms with Crippen molar-refractivity contribution in [3.63, 3.8) is 0 Å². The molecule has 1 fully saturated rings. The Balaban J connectivity index is 1.95. The fourth-order valence-electron chi connectivity index (χ4n) is 3.30. The predicted molar refractivity (Wildman–Crippen MR) is 82.5 cm³/mol. The fourth-order valence-corrected chi connectivity index (χ4v) is 3.30. The Morgan fingerprint density at radius 1 is 1.45 bits per heavy atom. The summed E-state index contributed by atoms with van der Waals surface area (Å²) in [5.41, 5.74) is 2.00. The number of carboxylic acids is 1. The molecule has 0 saturated carbocycles. The van der Waals surface area contributed by atoms with Crippen LogP contribution in [0.4, 0.5) is 0 Å². The molecule has 122 valence electrons. The SMILES string of the molecule is Cc1cc(C)n(C(C)CC(=O)N2CC[C@H](C(=O)O)[C@H](C)C2)n1. The highest BCUT2D eigenvalue weighted by molar-refractivity contribution is 5.77. The fraction of sp³-hybridized carbons (Fsp3) is 0.688. The maximum absolute atomic E-state index is 12.5. The molecule has 3 atom stereocenters. The van der Waals surface area contributed by atoms with Crippen LogP contribution in [0.1, 0.15) is 44.1 Å². The van der Waals surface area contributed by atoms with Crippen molar-refractivity contribution in [3.8, 4) is 0 Å². The van der Waals surface area contributed by atoms with Crippen molar-refractivity contribution in [2.75, 3.05) is 13.1 Å². The number of aryl methyl sites for hydroxylation is 2. The molecular formula is C16H25N3O3. The van der Waals surface area contributed by atoms with Crippen LogP contribution in [-0.4, -0.2) is 44.8 Å². The zero-order valence-electron chi connectivity index (χ0n) is 13.7. The van der Waals surface area contributed by atoms with E-state index in [0.29, 0.717) is 25.9 Å². The Morgan fingerprint density at radius 3 is 2.64 bits per heavy atom. The van der Waals surface area contributed by atoms with E-state index in [9.17, 15) is 9.59 Å². The summed E-state index contributed by atoms with van der Waals surface area (Å²) in [7, 11) is 0. The molecule has 1 N–H and O–H groups in total. The highest BCUT2D eigenvalue weighted by Gasteiger charge is 2.33. The zero-order chi connectivity index (χ0) is 16.4. The van der Waals surface area contributed by atoms with E-state index in [1.807, 2.05) is 38.4 Å². The van der Waals surface area contributed by atoms with Gasteiger partial charge in [-0.2, -0.15) is 5.10 Å². The Kier molecular flexibility index (Phi) is 4.88. The molecule has 1 aromatic rings. The summed E-state index contributed by atoms with van der Waals surface area (Å²) in [6.07, 6.45) is 0.933. The topological polar surface area (TPSA) is 75.4 Å². The van der Waals surface area contributed by atoms with Crippen LogP contribution < -0.4 is 0 Å². The van der Waals surface area contributed by atoms with Crippen molar-refractivity contribution in [3.05, 3.63) is 17.5 Å². The lowest BCUT2D eigenvalue weighted by molar-refractivity contribution is -0.148. The summed E-state index contributed by atoms with van der Waals surface area (Å²) in [5, 5.41) is 13.6. The summed E-state index contributed by atoms with van der Waals surface area (Å²) in [4.78, 5) is 25.4. The van der Waals surface area contributed by atoms with Crippen molar-refractivity contribution in [1.82, 2.24) is 14.7 Å². The third-order valence-electron chi connectivity index (χ3n) is 4.51. The van der Waals surface area contributed by atoms with E-state index in [-0.39, 0.29) is 23.8 Å². The minimum atomic E-state index is -0.754. The number of carboxylic acid groups (broad SMARTS) is 1. The van der Waals surface area contributed by atoms with E-state index in [2.05, 4.69) is 5.10 Å². The molecule has 0 aliphatic carbocycles. The smallest absolute Gasteiger partial charge is 0.306 e. The van der Waals surface area contributed by atoms with Crippen LogP contribution in [0.5, 0.6) is 0 Å². The van der Waals surface area contributed by atoms with Crippen LogP contribution in [0.3, 0.4) is 0 Å². The third-order valence-corrected chi connectivity index (χ3v) is 4.51. The molecule has 0 radical (unpaired) electrons. The molecule has 0 spiro atoms. The molecule has 1 amide bonds. The zero-order valence-corrected chi connectivity index (χ0v) is 13.7. The molecule has 1 aliphatic heterocycles. The number of amides is 1. The van der Waals surface area contributed by atoms with Crippen LogP contribution in [0.15, 0.2) is 6.07 Å². The Bertz CT molecular complexity index is 567. The number of rotatable bonds is 4. The average molecular weight is 307 g/mol. The van der Waals surface area contributed by atoms with Crippen LogP contribution in [0.25, 0.3) is 0 Å². The molecular weight excluding hydrogens is 282 g/mol. The average Bonchev–Trinajstić information content (AvgIpc) is 2.77. The number of carbonyl (C=O) groups is 2.